The topological polar surface area (TPSA) is 38.7 Å². The van der Waals surface area contributed by atoms with Crippen molar-refractivity contribution in [2.75, 3.05) is 13.2 Å². The van der Waals surface area contributed by atoms with E-state index in [-0.39, 0.29) is 13.2 Å². The summed E-state index contributed by atoms with van der Waals surface area (Å²) in [7, 11) is -3.36. The van der Waals surface area contributed by atoms with Gasteiger partial charge < -0.3 is 0 Å². The Morgan fingerprint density at radius 3 is 1.67 bits per heavy atom. The SMILES string of the molecule is CCO[P+](O)(OCC)C(Cl)(Cl)Cl. The van der Waals surface area contributed by atoms with Gasteiger partial charge >= 0.3 is 11.5 Å². The molecule has 0 spiro atoms. The van der Waals surface area contributed by atoms with Crippen LogP contribution in [-0.2, 0) is 9.05 Å². The summed E-state index contributed by atoms with van der Waals surface area (Å²) in [6, 6.07) is 0. The van der Waals surface area contributed by atoms with Gasteiger partial charge in [0.1, 0.15) is 0 Å². The average molecular weight is 256 g/mol. The molecule has 0 unspecified atom stereocenters. The summed E-state index contributed by atoms with van der Waals surface area (Å²) in [5.41, 5.74) is 0. The minimum atomic E-state index is -3.36. The maximum atomic E-state index is 9.62. The van der Waals surface area contributed by atoms with Gasteiger partial charge in [0, 0.05) is 0 Å². The molecule has 0 amide bonds. The first-order valence-corrected chi connectivity index (χ1v) is 6.06. The number of hydrogen-bond acceptors (Lipinski definition) is 3. The van der Waals surface area contributed by atoms with Crippen LogP contribution in [-0.4, -0.2) is 21.6 Å². The Morgan fingerprint density at radius 1 is 1.17 bits per heavy atom. The molecule has 0 aromatic carbocycles. The van der Waals surface area contributed by atoms with Crippen molar-refractivity contribution in [3.8, 4) is 0 Å². The summed E-state index contributed by atoms with van der Waals surface area (Å²) in [5.74, 6) is 0. The van der Waals surface area contributed by atoms with E-state index >= 15 is 0 Å². The minimum absolute atomic E-state index is 0.234. The van der Waals surface area contributed by atoms with Gasteiger partial charge in [0.15, 0.2) is 0 Å². The van der Waals surface area contributed by atoms with Gasteiger partial charge in [-0.2, -0.15) is 13.9 Å². The quantitative estimate of drug-likeness (QED) is 0.620. The molecule has 0 aromatic heterocycles. The molecular formula is C5H11Cl3O3P+. The molecule has 0 fully saturated rings. The molecule has 0 bridgehead atoms. The number of halogens is 3. The van der Waals surface area contributed by atoms with E-state index in [1.165, 1.54) is 0 Å². The Morgan fingerprint density at radius 2 is 1.50 bits per heavy atom. The molecule has 74 valence electrons. The molecule has 3 nitrogen and oxygen atoms in total. The van der Waals surface area contributed by atoms with Crippen molar-refractivity contribution in [2.24, 2.45) is 0 Å². The Balaban J connectivity index is 4.38. The summed E-state index contributed by atoms with van der Waals surface area (Å²) < 4.78 is 7.86. The van der Waals surface area contributed by atoms with Gasteiger partial charge in [0.25, 0.3) is 0 Å². The van der Waals surface area contributed by atoms with Crippen LogP contribution in [0.15, 0.2) is 0 Å². The Kier molecular flexibility index (Phi) is 5.67. The van der Waals surface area contributed by atoms with Crippen molar-refractivity contribution >= 4 is 42.7 Å². The van der Waals surface area contributed by atoms with Gasteiger partial charge in [0.05, 0.1) is 13.2 Å². The van der Waals surface area contributed by atoms with Gasteiger partial charge in [-0.05, 0) is 48.7 Å². The Bertz CT molecular complexity index is 132. The summed E-state index contributed by atoms with van der Waals surface area (Å²) >= 11 is 16.4. The van der Waals surface area contributed by atoms with Crippen molar-refractivity contribution in [1.29, 1.82) is 0 Å². The molecule has 7 heteroatoms. The monoisotopic (exact) mass is 255 g/mol. The maximum absolute atomic E-state index is 9.62. The second-order valence-corrected chi connectivity index (χ2v) is 7.12. The lowest BCUT2D eigenvalue weighted by atomic mass is 10.9. The van der Waals surface area contributed by atoms with Gasteiger partial charge in [-0.3, -0.25) is 0 Å². The van der Waals surface area contributed by atoms with Crippen molar-refractivity contribution in [3.05, 3.63) is 0 Å². The van der Waals surface area contributed by atoms with Crippen molar-refractivity contribution in [3.63, 3.8) is 0 Å². The highest BCUT2D eigenvalue weighted by atomic mass is 35.6. The first kappa shape index (κ1) is 13.2. The third-order valence-electron chi connectivity index (χ3n) is 0.929. The summed E-state index contributed by atoms with van der Waals surface area (Å²) in [4.78, 5) is 9.62. The fraction of sp³-hybridized carbons (Fsp3) is 1.00. The van der Waals surface area contributed by atoms with Crippen molar-refractivity contribution in [2.45, 2.75) is 17.4 Å². The second-order valence-electron chi connectivity index (χ2n) is 1.82. The lowest BCUT2D eigenvalue weighted by Crippen LogP contribution is -2.16. The molecule has 0 atom stereocenters. The third kappa shape index (κ3) is 3.51. The summed E-state index contributed by atoms with van der Waals surface area (Å²) in [6.07, 6.45) is 0. The lowest BCUT2D eigenvalue weighted by Gasteiger charge is -2.20. The van der Waals surface area contributed by atoms with E-state index in [0.29, 0.717) is 0 Å². The molecule has 0 aromatic rings. The highest BCUT2D eigenvalue weighted by Gasteiger charge is 2.61. The largest absolute Gasteiger partial charge is 0.464 e. The van der Waals surface area contributed by atoms with Crippen LogP contribution in [0, 0.1) is 0 Å². The van der Waals surface area contributed by atoms with Gasteiger partial charge in [-0.15, -0.1) is 0 Å². The predicted molar refractivity (Wildman–Crippen MR) is 52.7 cm³/mol. The van der Waals surface area contributed by atoms with Gasteiger partial charge in [-0.1, -0.05) is 0 Å². The number of hydrogen-bond donors (Lipinski definition) is 1. The minimum Gasteiger partial charge on any atom is -0.189 e. The summed E-state index contributed by atoms with van der Waals surface area (Å²) in [5, 5.41) is 0. The van der Waals surface area contributed by atoms with E-state index < -0.39 is 11.5 Å². The molecule has 0 saturated heterocycles. The van der Waals surface area contributed by atoms with Crippen LogP contribution in [0.5, 0.6) is 0 Å². The Labute approximate surface area is 87.5 Å². The lowest BCUT2D eigenvalue weighted by molar-refractivity contribution is 0.189. The fourth-order valence-electron chi connectivity index (χ4n) is 0.534. The van der Waals surface area contributed by atoms with Crippen molar-refractivity contribution in [1.82, 2.24) is 0 Å². The van der Waals surface area contributed by atoms with Gasteiger partial charge in [-0.25, -0.2) is 0 Å². The Hall–Kier alpha value is 1.18. The number of alkyl halides is 3. The molecule has 0 aliphatic rings. The predicted octanol–water partition coefficient (Wildman–Crippen LogP) is 3.14. The zero-order chi connectivity index (χ0) is 9.83. The van der Waals surface area contributed by atoms with E-state index in [0.717, 1.165) is 0 Å². The van der Waals surface area contributed by atoms with Crippen molar-refractivity contribution < 1.29 is 13.9 Å². The third-order valence-corrected chi connectivity index (χ3v) is 4.71. The van der Waals surface area contributed by atoms with E-state index in [1.54, 1.807) is 13.8 Å². The molecule has 0 heterocycles. The second kappa shape index (κ2) is 5.16. The van der Waals surface area contributed by atoms with E-state index in [1.807, 2.05) is 0 Å². The first-order valence-electron chi connectivity index (χ1n) is 3.35. The normalized spacial score (nSPS) is 13.5. The zero-order valence-corrected chi connectivity index (χ0v) is 9.92. The number of rotatable bonds is 4. The first-order chi connectivity index (χ1) is 5.37. The molecule has 0 rings (SSSR count). The molecular weight excluding hydrogens is 245 g/mol. The van der Waals surface area contributed by atoms with E-state index in [2.05, 4.69) is 0 Å². The molecule has 0 aliphatic carbocycles. The van der Waals surface area contributed by atoms with Crippen LogP contribution in [0.3, 0.4) is 0 Å². The molecule has 12 heavy (non-hydrogen) atoms. The highest BCUT2D eigenvalue weighted by molar-refractivity contribution is 7.68. The van der Waals surface area contributed by atoms with Crippen LogP contribution >= 0.6 is 42.7 Å². The average Bonchev–Trinajstić information content (AvgIpc) is 1.86. The van der Waals surface area contributed by atoms with Crippen LogP contribution in [0.4, 0.5) is 0 Å². The maximum Gasteiger partial charge on any atom is 0.464 e. The molecule has 0 aliphatic heterocycles. The van der Waals surface area contributed by atoms with E-state index in [9.17, 15) is 4.89 Å². The van der Waals surface area contributed by atoms with E-state index in [4.69, 9.17) is 43.9 Å². The van der Waals surface area contributed by atoms with Gasteiger partial charge in [0.2, 0.25) is 0 Å². The zero-order valence-electron chi connectivity index (χ0n) is 6.76. The molecule has 0 saturated carbocycles. The molecule has 0 radical (unpaired) electrons. The summed E-state index contributed by atoms with van der Waals surface area (Å²) in [6.45, 7) is 3.83. The smallest absolute Gasteiger partial charge is 0.189 e. The fourth-order valence-corrected chi connectivity index (χ4v) is 2.48. The van der Waals surface area contributed by atoms with Crippen LogP contribution in [0.2, 0.25) is 0 Å². The molecule has 1 N–H and O–H groups in total. The highest BCUT2D eigenvalue weighted by Crippen LogP contribution is 2.72. The standard InChI is InChI=1S/C5H11Cl3O3P/c1-3-10-12(9,11-4-2)5(6,7)8/h9H,3-4H2,1-2H3/q+1. The van der Waals surface area contributed by atoms with Crippen LogP contribution < -0.4 is 0 Å². The van der Waals surface area contributed by atoms with Crippen LogP contribution in [0.25, 0.3) is 0 Å². The van der Waals surface area contributed by atoms with Crippen LogP contribution in [0.1, 0.15) is 13.8 Å².